The molecule has 0 radical (unpaired) electrons. The molecule has 0 atom stereocenters. The van der Waals surface area contributed by atoms with E-state index in [1.165, 1.54) is 12.1 Å². The fraction of sp³-hybridized carbons (Fsp3) is 0.143. The molecule has 1 aromatic heterocycles. The molecule has 0 bridgehead atoms. The molecule has 4 nitrogen and oxygen atoms in total. The Morgan fingerprint density at radius 1 is 1.22 bits per heavy atom. The van der Waals surface area contributed by atoms with Gasteiger partial charge in [0.15, 0.2) is 0 Å². The number of rotatable bonds is 6. The number of aromatic nitrogens is 1. The van der Waals surface area contributed by atoms with Crippen molar-refractivity contribution in [1.29, 1.82) is 0 Å². The van der Waals surface area contributed by atoms with Crippen molar-refractivity contribution in [3.63, 3.8) is 0 Å². The molecule has 0 aliphatic carbocycles. The van der Waals surface area contributed by atoms with Crippen molar-refractivity contribution in [2.24, 2.45) is 0 Å². The van der Waals surface area contributed by atoms with Gasteiger partial charge in [-0.25, -0.2) is 9.37 Å². The van der Waals surface area contributed by atoms with E-state index in [9.17, 15) is 9.18 Å². The van der Waals surface area contributed by atoms with Gasteiger partial charge in [-0.05, 0) is 55.3 Å². The van der Waals surface area contributed by atoms with Crippen LogP contribution < -0.4 is 10.1 Å². The minimum Gasteiger partial charge on any atom is -0.487 e. The van der Waals surface area contributed by atoms with Crippen LogP contribution >= 0.6 is 11.3 Å². The van der Waals surface area contributed by atoms with Crippen molar-refractivity contribution in [3.05, 3.63) is 81.6 Å². The van der Waals surface area contributed by atoms with E-state index < -0.39 is 11.7 Å². The highest BCUT2D eigenvalue weighted by Crippen LogP contribution is 2.17. The number of halogens is 1. The predicted molar refractivity (Wildman–Crippen MR) is 106 cm³/mol. The molecule has 3 rings (SSSR count). The van der Waals surface area contributed by atoms with Gasteiger partial charge >= 0.3 is 0 Å². The van der Waals surface area contributed by atoms with Crippen LogP contribution in [0.25, 0.3) is 6.08 Å². The quantitative estimate of drug-likeness (QED) is 0.601. The Balaban J connectivity index is 1.55. The number of hydrogen-bond acceptors (Lipinski definition) is 4. The lowest BCUT2D eigenvalue weighted by molar-refractivity contribution is -0.111. The summed E-state index contributed by atoms with van der Waals surface area (Å²) in [5.74, 6) is -0.123. The van der Waals surface area contributed by atoms with Gasteiger partial charge in [0.1, 0.15) is 18.2 Å². The summed E-state index contributed by atoms with van der Waals surface area (Å²) in [7, 11) is 0. The second kappa shape index (κ2) is 8.60. The predicted octanol–water partition coefficient (Wildman–Crippen LogP) is 5.13. The Bertz CT molecular complexity index is 965. The van der Waals surface area contributed by atoms with Crippen LogP contribution in [0.4, 0.5) is 10.1 Å². The first-order chi connectivity index (χ1) is 13.0. The van der Waals surface area contributed by atoms with E-state index in [2.05, 4.69) is 10.3 Å². The number of aryl methyl sites for hydroxylation is 2. The fourth-order valence-electron chi connectivity index (χ4n) is 2.39. The second-order valence-corrected chi connectivity index (χ2v) is 7.08. The number of ether oxygens (including phenoxy) is 1. The second-order valence-electron chi connectivity index (χ2n) is 6.02. The van der Waals surface area contributed by atoms with E-state index in [0.29, 0.717) is 6.61 Å². The molecule has 0 fully saturated rings. The zero-order valence-electron chi connectivity index (χ0n) is 15.0. The molecular weight excluding hydrogens is 363 g/mol. The number of benzene rings is 2. The van der Waals surface area contributed by atoms with E-state index in [1.807, 2.05) is 43.5 Å². The maximum atomic E-state index is 13.7. The van der Waals surface area contributed by atoms with Gasteiger partial charge in [0, 0.05) is 11.5 Å². The summed E-state index contributed by atoms with van der Waals surface area (Å²) in [6, 6.07) is 11.9. The summed E-state index contributed by atoms with van der Waals surface area (Å²) in [5, 5.41) is 5.53. The topological polar surface area (TPSA) is 51.2 Å². The molecule has 6 heteroatoms. The van der Waals surface area contributed by atoms with E-state index in [-0.39, 0.29) is 5.69 Å². The molecule has 0 unspecified atom stereocenters. The van der Waals surface area contributed by atoms with E-state index >= 15 is 0 Å². The molecule has 1 heterocycles. The highest BCUT2D eigenvalue weighted by molar-refractivity contribution is 7.09. The molecular formula is C21H19FN2O2S. The first-order valence-corrected chi connectivity index (χ1v) is 9.26. The Morgan fingerprint density at radius 3 is 2.70 bits per heavy atom. The average molecular weight is 382 g/mol. The van der Waals surface area contributed by atoms with Gasteiger partial charge in [0.05, 0.1) is 16.4 Å². The van der Waals surface area contributed by atoms with E-state index in [4.69, 9.17) is 4.74 Å². The van der Waals surface area contributed by atoms with Crippen LogP contribution in [0.5, 0.6) is 5.75 Å². The number of nitrogens with one attached hydrogen (secondary N) is 1. The van der Waals surface area contributed by atoms with Gasteiger partial charge in [-0.1, -0.05) is 18.2 Å². The molecule has 1 N–H and O–H groups in total. The number of thiazole rings is 1. The minimum atomic E-state index is -0.459. The number of amides is 1. The molecule has 0 aliphatic rings. The summed E-state index contributed by atoms with van der Waals surface area (Å²) in [5.41, 5.74) is 2.79. The Morgan fingerprint density at radius 2 is 2.00 bits per heavy atom. The van der Waals surface area contributed by atoms with Gasteiger partial charge in [-0.15, -0.1) is 11.3 Å². The summed E-state index contributed by atoms with van der Waals surface area (Å²) < 4.78 is 19.4. The highest BCUT2D eigenvalue weighted by Gasteiger charge is 2.05. The summed E-state index contributed by atoms with van der Waals surface area (Å²) >= 11 is 1.59. The summed E-state index contributed by atoms with van der Waals surface area (Å²) in [4.78, 5) is 16.3. The van der Waals surface area contributed by atoms with E-state index in [1.54, 1.807) is 29.5 Å². The van der Waals surface area contributed by atoms with Crippen molar-refractivity contribution in [2.45, 2.75) is 20.5 Å². The molecule has 138 valence electrons. The number of carbonyl (C=O) groups is 1. The Hall–Kier alpha value is -2.99. The highest BCUT2D eigenvalue weighted by atomic mass is 32.1. The van der Waals surface area contributed by atoms with Crippen molar-refractivity contribution < 1.29 is 13.9 Å². The number of anilines is 1. The van der Waals surface area contributed by atoms with Crippen molar-refractivity contribution in [2.75, 3.05) is 5.32 Å². The lowest BCUT2D eigenvalue weighted by atomic mass is 10.2. The normalized spacial score (nSPS) is 10.9. The minimum absolute atomic E-state index is 0.172. The number of nitrogens with zero attached hydrogens (tertiary/aromatic N) is 1. The summed E-state index contributed by atoms with van der Waals surface area (Å²) in [6.45, 7) is 4.22. The van der Waals surface area contributed by atoms with Crippen LogP contribution in [0.15, 0.2) is 53.9 Å². The smallest absolute Gasteiger partial charge is 0.248 e. The lowest BCUT2D eigenvalue weighted by Gasteiger charge is -2.05. The molecule has 27 heavy (non-hydrogen) atoms. The standard InChI is InChI=1S/C21H19FN2O2S/c1-14-3-9-19(22)20(11-14)24-21(25)10-6-16-4-7-18(8-5-16)26-12-17-13-27-15(2)23-17/h3-11,13H,12H2,1-2H3,(H,24,25)/b10-6+. The van der Waals surface area contributed by atoms with Gasteiger partial charge in [0.25, 0.3) is 0 Å². The zero-order valence-corrected chi connectivity index (χ0v) is 15.8. The van der Waals surface area contributed by atoms with Gasteiger partial charge in [0.2, 0.25) is 5.91 Å². The van der Waals surface area contributed by atoms with E-state index in [0.717, 1.165) is 27.6 Å². The summed E-state index contributed by atoms with van der Waals surface area (Å²) in [6.07, 6.45) is 3.03. The molecule has 1 amide bonds. The molecule has 0 saturated carbocycles. The molecule has 0 spiro atoms. The fourth-order valence-corrected chi connectivity index (χ4v) is 2.99. The van der Waals surface area contributed by atoms with Crippen LogP contribution in [-0.2, 0) is 11.4 Å². The van der Waals surface area contributed by atoms with Crippen LogP contribution in [0.2, 0.25) is 0 Å². The van der Waals surface area contributed by atoms with Crippen LogP contribution in [0.3, 0.4) is 0 Å². The number of carbonyl (C=O) groups excluding carboxylic acids is 1. The third-order valence-corrected chi connectivity index (χ3v) is 4.56. The first kappa shape index (κ1) is 18.8. The Kier molecular flexibility index (Phi) is 5.98. The van der Waals surface area contributed by atoms with Crippen molar-refractivity contribution >= 4 is 29.0 Å². The molecule has 3 aromatic rings. The van der Waals surface area contributed by atoms with Crippen LogP contribution in [0.1, 0.15) is 21.8 Å². The lowest BCUT2D eigenvalue weighted by Crippen LogP contribution is -2.09. The third kappa shape index (κ3) is 5.49. The SMILES string of the molecule is Cc1ccc(F)c(NC(=O)/C=C/c2ccc(OCc3csc(C)n3)cc2)c1. The van der Waals surface area contributed by atoms with Crippen LogP contribution in [0, 0.1) is 19.7 Å². The largest absolute Gasteiger partial charge is 0.487 e. The van der Waals surface area contributed by atoms with Crippen LogP contribution in [-0.4, -0.2) is 10.9 Å². The molecule has 0 aliphatic heterocycles. The van der Waals surface area contributed by atoms with Gasteiger partial charge < -0.3 is 10.1 Å². The monoisotopic (exact) mass is 382 g/mol. The van der Waals surface area contributed by atoms with Crippen molar-refractivity contribution in [1.82, 2.24) is 4.98 Å². The van der Waals surface area contributed by atoms with Crippen molar-refractivity contribution in [3.8, 4) is 5.75 Å². The third-order valence-electron chi connectivity index (χ3n) is 3.74. The molecule has 0 saturated heterocycles. The number of hydrogen-bond donors (Lipinski definition) is 1. The maximum absolute atomic E-state index is 13.7. The van der Waals surface area contributed by atoms with Gasteiger partial charge in [-0.3, -0.25) is 4.79 Å². The Labute approximate surface area is 161 Å². The van der Waals surface area contributed by atoms with Gasteiger partial charge in [-0.2, -0.15) is 0 Å². The first-order valence-electron chi connectivity index (χ1n) is 8.39. The molecule has 2 aromatic carbocycles. The zero-order chi connectivity index (χ0) is 19.2. The maximum Gasteiger partial charge on any atom is 0.248 e. The average Bonchev–Trinajstić information content (AvgIpc) is 3.07.